The maximum Gasteiger partial charge on any atom is 0.124 e. The lowest BCUT2D eigenvalue weighted by Crippen LogP contribution is -2.29. The summed E-state index contributed by atoms with van der Waals surface area (Å²) in [5, 5.41) is 0.339. The zero-order valence-electron chi connectivity index (χ0n) is 12.2. The molecule has 3 nitrogen and oxygen atoms in total. The molecular formula is C16H18ClFN2O. The van der Waals surface area contributed by atoms with Gasteiger partial charge in [-0.15, -0.1) is 0 Å². The molecule has 0 saturated carbocycles. The molecule has 21 heavy (non-hydrogen) atoms. The lowest BCUT2D eigenvalue weighted by atomic mass is 9.93. The Morgan fingerprint density at radius 2 is 1.86 bits per heavy atom. The maximum absolute atomic E-state index is 13.2. The second kappa shape index (κ2) is 6.43. The van der Waals surface area contributed by atoms with E-state index in [1.807, 2.05) is 26.0 Å². The molecule has 2 rings (SSSR count). The Hall–Kier alpha value is -1.62. The molecule has 112 valence electrons. The van der Waals surface area contributed by atoms with Crippen LogP contribution < -0.4 is 16.0 Å². The van der Waals surface area contributed by atoms with Crippen LogP contribution in [0.2, 0.25) is 5.02 Å². The fourth-order valence-corrected chi connectivity index (χ4v) is 2.70. The Balaban J connectivity index is 2.53. The first-order chi connectivity index (χ1) is 9.97. The summed E-state index contributed by atoms with van der Waals surface area (Å²) < 4.78 is 18.5. The molecule has 2 aromatic carbocycles. The normalized spacial score (nSPS) is 12.3. The summed E-state index contributed by atoms with van der Waals surface area (Å²) in [6.45, 7) is 3.93. The molecule has 0 spiro atoms. The van der Waals surface area contributed by atoms with E-state index >= 15 is 0 Å². The first-order valence-corrected chi connectivity index (χ1v) is 6.92. The van der Waals surface area contributed by atoms with Crippen LogP contribution in [0.15, 0.2) is 30.3 Å². The minimum atomic E-state index is -0.373. The van der Waals surface area contributed by atoms with Crippen LogP contribution in [0.4, 0.5) is 4.39 Å². The van der Waals surface area contributed by atoms with Crippen molar-refractivity contribution in [1.29, 1.82) is 0 Å². The standard InChI is InChI=1S/C16H18ClFN2O/c1-9-7-15(21-3)10(2)6-13(9)16(20-19)12-5-4-11(18)8-14(12)17/h4-8,16,20H,19H2,1-3H3. The molecule has 0 aliphatic rings. The first kappa shape index (κ1) is 15.8. The summed E-state index contributed by atoms with van der Waals surface area (Å²) in [4.78, 5) is 0. The highest BCUT2D eigenvalue weighted by molar-refractivity contribution is 6.31. The smallest absolute Gasteiger partial charge is 0.124 e. The van der Waals surface area contributed by atoms with Gasteiger partial charge in [-0.3, -0.25) is 5.84 Å². The second-order valence-electron chi connectivity index (χ2n) is 4.94. The molecule has 0 fully saturated rings. The van der Waals surface area contributed by atoms with E-state index in [2.05, 4.69) is 5.43 Å². The predicted molar refractivity (Wildman–Crippen MR) is 83.0 cm³/mol. The van der Waals surface area contributed by atoms with Gasteiger partial charge in [-0.1, -0.05) is 23.7 Å². The van der Waals surface area contributed by atoms with Gasteiger partial charge in [-0.2, -0.15) is 0 Å². The van der Waals surface area contributed by atoms with Gasteiger partial charge in [-0.05, 0) is 54.3 Å². The average molecular weight is 309 g/mol. The number of halogens is 2. The van der Waals surface area contributed by atoms with E-state index in [-0.39, 0.29) is 11.9 Å². The Morgan fingerprint density at radius 3 is 2.43 bits per heavy atom. The van der Waals surface area contributed by atoms with Crippen molar-refractivity contribution in [2.75, 3.05) is 7.11 Å². The highest BCUT2D eigenvalue weighted by Gasteiger charge is 2.19. The molecule has 0 radical (unpaired) electrons. The van der Waals surface area contributed by atoms with E-state index in [0.29, 0.717) is 5.02 Å². The van der Waals surface area contributed by atoms with E-state index in [4.69, 9.17) is 22.2 Å². The Bertz CT molecular complexity index is 661. The van der Waals surface area contributed by atoms with Gasteiger partial charge in [-0.25, -0.2) is 9.82 Å². The van der Waals surface area contributed by atoms with E-state index in [1.165, 1.54) is 12.1 Å². The number of hydrogen-bond acceptors (Lipinski definition) is 3. The molecule has 0 amide bonds. The fourth-order valence-electron chi connectivity index (χ4n) is 2.43. The minimum Gasteiger partial charge on any atom is -0.496 e. The summed E-state index contributed by atoms with van der Waals surface area (Å²) >= 11 is 6.14. The Morgan fingerprint density at radius 1 is 1.14 bits per heavy atom. The number of ether oxygens (including phenoxy) is 1. The lowest BCUT2D eigenvalue weighted by molar-refractivity contribution is 0.411. The van der Waals surface area contributed by atoms with Crippen LogP contribution in [0.1, 0.15) is 28.3 Å². The Kier molecular flexibility index (Phi) is 4.83. The van der Waals surface area contributed by atoms with E-state index < -0.39 is 0 Å². The van der Waals surface area contributed by atoms with Crippen molar-refractivity contribution < 1.29 is 9.13 Å². The summed E-state index contributed by atoms with van der Waals surface area (Å²) in [5.41, 5.74) is 6.47. The third kappa shape index (κ3) is 3.18. The zero-order chi connectivity index (χ0) is 15.6. The molecule has 0 saturated heterocycles. The minimum absolute atomic E-state index is 0.317. The van der Waals surface area contributed by atoms with Crippen molar-refractivity contribution >= 4 is 11.6 Å². The average Bonchev–Trinajstić information content (AvgIpc) is 2.45. The van der Waals surface area contributed by atoms with E-state index in [1.54, 1.807) is 13.2 Å². The van der Waals surface area contributed by atoms with Crippen molar-refractivity contribution in [3.63, 3.8) is 0 Å². The predicted octanol–water partition coefficient (Wildman–Crippen LogP) is 3.66. The summed E-state index contributed by atoms with van der Waals surface area (Å²) in [7, 11) is 1.64. The topological polar surface area (TPSA) is 47.3 Å². The van der Waals surface area contributed by atoms with Crippen molar-refractivity contribution in [2.24, 2.45) is 5.84 Å². The Labute approximate surface area is 128 Å². The molecule has 0 bridgehead atoms. The van der Waals surface area contributed by atoms with Crippen LogP contribution in [0.5, 0.6) is 5.75 Å². The molecule has 5 heteroatoms. The number of rotatable bonds is 4. The van der Waals surface area contributed by atoms with Crippen LogP contribution >= 0.6 is 11.6 Å². The number of hydrazine groups is 1. The monoisotopic (exact) mass is 308 g/mol. The van der Waals surface area contributed by atoms with Crippen LogP contribution in [0, 0.1) is 19.7 Å². The van der Waals surface area contributed by atoms with Crippen molar-refractivity contribution in [3.8, 4) is 5.75 Å². The summed E-state index contributed by atoms with van der Waals surface area (Å²) in [5.74, 6) is 6.14. The van der Waals surface area contributed by atoms with Gasteiger partial charge in [0.2, 0.25) is 0 Å². The number of aryl methyl sites for hydroxylation is 2. The van der Waals surface area contributed by atoms with Crippen LogP contribution in [0.25, 0.3) is 0 Å². The van der Waals surface area contributed by atoms with Gasteiger partial charge < -0.3 is 4.74 Å². The van der Waals surface area contributed by atoms with Gasteiger partial charge >= 0.3 is 0 Å². The molecule has 1 atom stereocenters. The van der Waals surface area contributed by atoms with Gasteiger partial charge in [0, 0.05) is 5.02 Å². The van der Waals surface area contributed by atoms with Gasteiger partial charge in [0.1, 0.15) is 11.6 Å². The summed E-state index contributed by atoms with van der Waals surface area (Å²) in [6, 6.07) is 7.93. The molecule has 2 aromatic rings. The number of nitrogens with two attached hydrogens (primary N) is 1. The highest BCUT2D eigenvalue weighted by Crippen LogP contribution is 2.33. The maximum atomic E-state index is 13.2. The SMILES string of the molecule is COc1cc(C)c(C(NN)c2ccc(F)cc2Cl)cc1C. The first-order valence-electron chi connectivity index (χ1n) is 6.54. The number of methoxy groups -OCH3 is 1. The summed E-state index contributed by atoms with van der Waals surface area (Å²) in [6.07, 6.45) is 0. The number of hydrogen-bond donors (Lipinski definition) is 2. The van der Waals surface area contributed by atoms with Gasteiger partial charge in [0.25, 0.3) is 0 Å². The van der Waals surface area contributed by atoms with Crippen LogP contribution in [-0.2, 0) is 0 Å². The van der Waals surface area contributed by atoms with Gasteiger partial charge in [0.15, 0.2) is 0 Å². The third-order valence-electron chi connectivity index (χ3n) is 3.53. The van der Waals surface area contributed by atoms with Crippen LogP contribution in [0.3, 0.4) is 0 Å². The highest BCUT2D eigenvalue weighted by atomic mass is 35.5. The number of benzene rings is 2. The quantitative estimate of drug-likeness (QED) is 0.669. The second-order valence-corrected chi connectivity index (χ2v) is 5.35. The van der Waals surface area contributed by atoms with Crippen molar-refractivity contribution in [2.45, 2.75) is 19.9 Å². The third-order valence-corrected chi connectivity index (χ3v) is 3.86. The van der Waals surface area contributed by atoms with E-state index in [0.717, 1.165) is 28.0 Å². The lowest BCUT2D eigenvalue weighted by Gasteiger charge is -2.21. The molecule has 1 unspecified atom stereocenters. The van der Waals surface area contributed by atoms with Crippen LogP contribution in [-0.4, -0.2) is 7.11 Å². The molecular weight excluding hydrogens is 291 g/mol. The van der Waals surface area contributed by atoms with E-state index in [9.17, 15) is 4.39 Å². The molecule has 0 heterocycles. The molecule has 0 aromatic heterocycles. The molecule has 0 aliphatic carbocycles. The van der Waals surface area contributed by atoms with Crippen molar-refractivity contribution in [1.82, 2.24) is 5.43 Å². The zero-order valence-corrected chi connectivity index (χ0v) is 13.0. The molecule has 3 N–H and O–H groups in total. The van der Waals surface area contributed by atoms with Crippen molar-refractivity contribution in [3.05, 3.63) is 63.4 Å². The van der Waals surface area contributed by atoms with Gasteiger partial charge in [0.05, 0.1) is 13.2 Å². The molecule has 0 aliphatic heterocycles. The fraction of sp³-hybridized carbons (Fsp3) is 0.250. The number of nitrogens with one attached hydrogen (secondary N) is 1. The largest absolute Gasteiger partial charge is 0.496 e.